The molecule has 2 aromatic rings. The quantitative estimate of drug-likeness (QED) is 0.627. The fourth-order valence-corrected chi connectivity index (χ4v) is 4.45. The van der Waals surface area contributed by atoms with Gasteiger partial charge in [-0.05, 0) is 48.5 Å². The minimum absolute atomic E-state index is 0.107. The monoisotopic (exact) mass is 464 g/mol. The van der Waals surface area contributed by atoms with Crippen molar-refractivity contribution < 1.29 is 13.2 Å². The van der Waals surface area contributed by atoms with Gasteiger partial charge in [0.25, 0.3) is 0 Å². The Balaban J connectivity index is 1.44. The number of piperazine rings is 1. The molecular formula is C22H29ClN4O3S. The van der Waals surface area contributed by atoms with E-state index in [0.29, 0.717) is 18.8 Å². The maximum absolute atomic E-state index is 12.5. The summed E-state index contributed by atoms with van der Waals surface area (Å²) in [6, 6.07) is 14.0. The number of hydrogen-bond acceptors (Lipinski definition) is 5. The summed E-state index contributed by atoms with van der Waals surface area (Å²) in [5.74, 6) is -0.247. The van der Waals surface area contributed by atoms with Crippen LogP contribution in [-0.4, -0.2) is 58.5 Å². The molecular weight excluding hydrogens is 436 g/mol. The van der Waals surface area contributed by atoms with Crippen molar-refractivity contribution in [3.05, 3.63) is 53.6 Å². The number of anilines is 2. The van der Waals surface area contributed by atoms with Crippen LogP contribution in [0.15, 0.2) is 53.4 Å². The Morgan fingerprint density at radius 1 is 1.00 bits per heavy atom. The molecule has 0 aromatic heterocycles. The Labute approximate surface area is 189 Å². The second kappa shape index (κ2) is 10.5. The number of nitrogens with one attached hydrogen (secondary N) is 2. The van der Waals surface area contributed by atoms with Gasteiger partial charge in [0.1, 0.15) is 0 Å². The fourth-order valence-electron chi connectivity index (χ4n) is 3.31. The normalized spacial score (nSPS) is 15.3. The van der Waals surface area contributed by atoms with E-state index in [1.165, 1.54) is 12.1 Å². The van der Waals surface area contributed by atoms with Crippen molar-refractivity contribution in [3.63, 3.8) is 0 Å². The minimum Gasteiger partial charge on any atom is -0.369 e. The summed E-state index contributed by atoms with van der Waals surface area (Å²) in [5.41, 5.74) is 1.73. The third kappa shape index (κ3) is 6.67. The van der Waals surface area contributed by atoms with Gasteiger partial charge in [0.15, 0.2) is 0 Å². The SMILES string of the molecule is CC(C)C(=O)Nc1ccc(S(=O)(=O)NCCN2CCN(c3ccc(Cl)cc3)CC2)cc1. The molecule has 1 aliphatic rings. The highest BCUT2D eigenvalue weighted by molar-refractivity contribution is 7.89. The van der Waals surface area contributed by atoms with Crippen LogP contribution in [-0.2, 0) is 14.8 Å². The Morgan fingerprint density at radius 2 is 1.61 bits per heavy atom. The topological polar surface area (TPSA) is 81.7 Å². The van der Waals surface area contributed by atoms with Crippen LogP contribution in [0.2, 0.25) is 5.02 Å². The summed E-state index contributed by atoms with van der Waals surface area (Å²) < 4.78 is 27.8. The summed E-state index contributed by atoms with van der Waals surface area (Å²) in [6.45, 7) is 8.11. The maximum atomic E-state index is 12.5. The molecule has 1 aliphatic heterocycles. The van der Waals surface area contributed by atoms with E-state index in [0.717, 1.165) is 36.9 Å². The van der Waals surface area contributed by atoms with Gasteiger partial charge < -0.3 is 10.2 Å². The van der Waals surface area contributed by atoms with Gasteiger partial charge in [-0.2, -0.15) is 0 Å². The molecule has 0 unspecified atom stereocenters. The number of sulfonamides is 1. The van der Waals surface area contributed by atoms with Crippen molar-refractivity contribution in [2.45, 2.75) is 18.7 Å². The Morgan fingerprint density at radius 3 is 2.19 bits per heavy atom. The van der Waals surface area contributed by atoms with Gasteiger partial charge in [0.2, 0.25) is 15.9 Å². The Kier molecular flexibility index (Phi) is 7.94. The minimum atomic E-state index is -3.59. The van der Waals surface area contributed by atoms with Crippen LogP contribution in [0.1, 0.15) is 13.8 Å². The molecule has 168 valence electrons. The van der Waals surface area contributed by atoms with Crippen LogP contribution in [0.4, 0.5) is 11.4 Å². The van der Waals surface area contributed by atoms with E-state index < -0.39 is 10.0 Å². The summed E-state index contributed by atoms with van der Waals surface area (Å²) in [4.78, 5) is 16.5. The lowest BCUT2D eigenvalue weighted by atomic mass is 10.2. The van der Waals surface area contributed by atoms with Gasteiger partial charge >= 0.3 is 0 Å². The van der Waals surface area contributed by atoms with Gasteiger partial charge in [0.05, 0.1) is 4.90 Å². The highest BCUT2D eigenvalue weighted by atomic mass is 35.5. The number of carbonyl (C=O) groups excluding carboxylic acids is 1. The lowest BCUT2D eigenvalue weighted by molar-refractivity contribution is -0.118. The van der Waals surface area contributed by atoms with Gasteiger partial charge in [-0.3, -0.25) is 9.69 Å². The van der Waals surface area contributed by atoms with E-state index in [1.807, 2.05) is 24.3 Å². The first kappa shape index (κ1) is 23.5. The van der Waals surface area contributed by atoms with E-state index in [2.05, 4.69) is 19.8 Å². The molecule has 7 nitrogen and oxygen atoms in total. The molecule has 31 heavy (non-hydrogen) atoms. The lowest BCUT2D eigenvalue weighted by Gasteiger charge is -2.36. The average molecular weight is 465 g/mol. The predicted molar refractivity (Wildman–Crippen MR) is 125 cm³/mol. The molecule has 0 bridgehead atoms. The zero-order chi connectivity index (χ0) is 22.4. The van der Waals surface area contributed by atoms with E-state index in [4.69, 9.17) is 11.6 Å². The van der Waals surface area contributed by atoms with Gasteiger partial charge in [0, 0.05) is 61.6 Å². The zero-order valence-corrected chi connectivity index (χ0v) is 19.4. The van der Waals surface area contributed by atoms with Crippen LogP contribution < -0.4 is 14.9 Å². The van der Waals surface area contributed by atoms with E-state index in [9.17, 15) is 13.2 Å². The summed E-state index contributed by atoms with van der Waals surface area (Å²) in [7, 11) is -3.59. The summed E-state index contributed by atoms with van der Waals surface area (Å²) in [6.07, 6.45) is 0. The van der Waals surface area contributed by atoms with Crippen LogP contribution in [0.25, 0.3) is 0 Å². The number of hydrogen-bond donors (Lipinski definition) is 2. The smallest absolute Gasteiger partial charge is 0.240 e. The molecule has 3 rings (SSSR count). The summed E-state index contributed by atoms with van der Waals surface area (Å²) in [5, 5.41) is 3.48. The average Bonchev–Trinajstić information content (AvgIpc) is 2.75. The van der Waals surface area contributed by atoms with Crippen LogP contribution in [0.5, 0.6) is 0 Å². The standard InChI is InChI=1S/C22H29ClN4O3S/c1-17(2)22(28)25-19-5-9-21(10-6-19)31(29,30)24-11-12-26-13-15-27(16-14-26)20-7-3-18(23)4-8-20/h3-10,17,24H,11-16H2,1-2H3,(H,25,28). The first-order valence-corrected chi connectivity index (χ1v) is 12.2. The highest BCUT2D eigenvalue weighted by Crippen LogP contribution is 2.19. The molecule has 2 aromatic carbocycles. The molecule has 0 spiro atoms. The van der Waals surface area contributed by atoms with E-state index >= 15 is 0 Å². The fraction of sp³-hybridized carbons (Fsp3) is 0.409. The zero-order valence-electron chi connectivity index (χ0n) is 17.8. The molecule has 1 saturated heterocycles. The highest BCUT2D eigenvalue weighted by Gasteiger charge is 2.19. The van der Waals surface area contributed by atoms with Crippen LogP contribution in [0, 0.1) is 5.92 Å². The number of rotatable bonds is 8. The van der Waals surface area contributed by atoms with Crippen molar-refractivity contribution in [1.82, 2.24) is 9.62 Å². The molecule has 1 fully saturated rings. The number of halogens is 1. The van der Waals surface area contributed by atoms with Crippen molar-refractivity contribution >= 4 is 38.9 Å². The number of carbonyl (C=O) groups is 1. The molecule has 0 radical (unpaired) electrons. The number of nitrogens with zero attached hydrogens (tertiary/aromatic N) is 2. The van der Waals surface area contributed by atoms with Crippen molar-refractivity contribution in [1.29, 1.82) is 0 Å². The van der Waals surface area contributed by atoms with Crippen molar-refractivity contribution in [2.24, 2.45) is 5.92 Å². The van der Waals surface area contributed by atoms with Crippen molar-refractivity contribution in [3.8, 4) is 0 Å². The molecule has 9 heteroatoms. The Bertz CT molecular complexity index is 971. The molecule has 2 N–H and O–H groups in total. The largest absolute Gasteiger partial charge is 0.369 e. The van der Waals surface area contributed by atoms with Gasteiger partial charge in [-0.1, -0.05) is 25.4 Å². The van der Waals surface area contributed by atoms with Gasteiger partial charge in [-0.15, -0.1) is 0 Å². The summed E-state index contributed by atoms with van der Waals surface area (Å²) >= 11 is 5.95. The van der Waals surface area contributed by atoms with Crippen molar-refractivity contribution in [2.75, 3.05) is 49.5 Å². The molecule has 0 aliphatic carbocycles. The van der Waals surface area contributed by atoms with Crippen LogP contribution >= 0.6 is 11.6 Å². The first-order valence-electron chi connectivity index (χ1n) is 10.4. The van der Waals surface area contributed by atoms with E-state index in [-0.39, 0.29) is 16.7 Å². The third-order valence-electron chi connectivity index (χ3n) is 5.24. The second-order valence-corrected chi connectivity index (χ2v) is 10.1. The molecule has 1 amide bonds. The third-order valence-corrected chi connectivity index (χ3v) is 6.97. The number of amides is 1. The lowest BCUT2D eigenvalue weighted by Crippen LogP contribution is -2.48. The Hall–Kier alpha value is -2.13. The first-order chi connectivity index (χ1) is 14.7. The maximum Gasteiger partial charge on any atom is 0.240 e. The molecule has 0 saturated carbocycles. The second-order valence-electron chi connectivity index (χ2n) is 7.87. The molecule has 0 atom stereocenters. The van der Waals surface area contributed by atoms with Crippen LogP contribution in [0.3, 0.4) is 0 Å². The van der Waals surface area contributed by atoms with E-state index in [1.54, 1.807) is 26.0 Å². The molecule has 1 heterocycles. The van der Waals surface area contributed by atoms with Gasteiger partial charge in [-0.25, -0.2) is 13.1 Å². The predicted octanol–water partition coefficient (Wildman–Crippen LogP) is 3.04. The number of benzene rings is 2.